The Morgan fingerprint density at radius 2 is 1.92 bits per heavy atom. The molecule has 6 heteroatoms. The van der Waals surface area contributed by atoms with E-state index in [0.717, 1.165) is 57.3 Å². The van der Waals surface area contributed by atoms with Gasteiger partial charge >= 0.3 is 0 Å². The molecule has 0 N–H and O–H groups in total. The molecule has 134 valence electrons. The van der Waals surface area contributed by atoms with Gasteiger partial charge in [0.1, 0.15) is 5.82 Å². The zero-order chi connectivity index (χ0) is 17.2. The monoisotopic (exact) mass is 354 g/mol. The quantitative estimate of drug-likeness (QED) is 0.755. The van der Waals surface area contributed by atoms with Crippen molar-refractivity contribution in [2.45, 2.75) is 37.4 Å². The second kappa shape index (κ2) is 7.50. The molecule has 1 aromatic carbocycles. The molecule has 1 aliphatic carbocycles. The van der Waals surface area contributed by atoms with E-state index in [9.17, 15) is 12.8 Å². The number of hydrogen-bond acceptors (Lipinski definition) is 3. The first-order valence-corrected chi connectivity index (χ1v) is 10.4. The van der Waals surface area contributed by atoms with Gasteiger partial charge in [0, 0.05) is 26.7 Å². The standard InChI is InChI=1S/C18H27FN2O2S/c1-20(24(22,23)18-8-9-18)13-16-3-2-11-21(14-16)12-10-15-4-6-17(19)7-5-15/h4-7,16,18H,2-3,8-14H2,1H3/t16-/m0/s1. The molecule has 2 aliphatic rings. The largest absolute Gasteiger partial charge is 0.303 e. The molecule has 0 unspecified atom stereocenters. The van der Waals surface area contributed by atoms with E-state index >= 15 is 0 Å². The highest BCUT2D eigenvalue weighted by Crippen LogP contribution is 2.31. The first-order chi connectivity index (χ1) is 11.4. The summed E-state index contributed by atoms with van der Waals surface area (Å²) in [5, 5.41) is -0.124. The smallest absolute Gasteiger partial charge is 0.216 e. The molecule has 0 bridgehead atoms. The van der Waals surface area contributed by atoms with Crippen LogP contribution in [0.2, 0.25) is 0 Å². The number of benzene rings is 1. The van der Waals surface area contributed by atoms with Gasteiger partial charge in [-0.15, -0.1) is 0 Å². The molecule has 4 nitrogen and oxygen atoms in total. The van der Waals surface area contributed by atoms with Gasteiger partial charge in [-0.05, 0) is 62.3 Å². The summed E-state index contributed by atoms with van der Waals surface area (Å²) in [4.78, 5) is 2.41. The number of hydrogen-bond donors (Lipinski definition) is 0. The highest BCUT2D eigenvalue weighted by atomic mass is 32.2. The van der Waals surface area contributed by atoms with Crippen LogP contribution in [0.5, 0.6) is 0 Å². The molecule has 0 aromatic heterocycles. The zero-order valence-electron chi connectivity index (χ0n) is 14.3. The molecule has 0 spiro atoms. The van der Waals surface area contributed by atoms with E-state index in [1.807, 2.05) is 12.1 Å². The van der Waals surface area contributed by atoms with Crippen LogP contribution in [-0.2, 0) is 16.4 Å². The average molecular weight is 354 g/mol. The van der Waals surface area contributed by atoms with Crippen molar-refractivity contribution < 1.29 is 12.8 Å². The lowest BCUT2D eigenvalue weighted by Crippen LogP contribution is -2.42. The number of sulfonamides is 1. The highest BCUT2D eigenvalue weighted by Gasteiger charge is 2.39. The Morgan fingerprint density at radius 3 is 2.58 bits per heavy atom. The van der Waals surface area contributed by atoms with Crippen molar-refractivity contribution in [1.82, 2.24) is 9.21 Å². The lowest BCUT2D eigenvalue weighted by atomic mass is 9.97. The van der Waals surface area contributed by atoms with Crippen molar-refractivity contribution in [3.63, 3.8) is 0 Å². The number of halogens is 1. The van der Waals surface area contributed by atoms with Gasteiger partial charge in [0.15, 0.2) is 0 Å². The average Bonchev–Trinajstić information content (AvgIpc) is 3.40. The van der Waals surface area contributed by atoms with Gasteiger partial charge in [-0.25, -0.2) is 17.1 Å². The van der Waals surface area contributed by atoms with E-state index in [4.69, 9.17) is 0 Å². The fraction of sp³-hybridized carbons (Fsp3) is 0.667. The summed E-state index contributed by atoms with van der Waals surface area (Å²) in [6.45, 7) is 3.59. The summed E-state index contributed by atoms with van der Waals surface area (Å²) in [5.41, 5.74) is 1.15. The molecule has 2 fully saturated rings. The fourth-order valence-electron chi connectivity index (χ4n) is 3.53. The molecule has 3 rings (SSSR count). The Balaban J connectivity index is 1.48. The minimum atomic E-state index is -3.06. The molecular weight excluding hydrogens is 327 g/mol. The van der Waals surface area contributed by atoms with Crippen LogP contribution in [0.4, 0.5) is 4.39 Å². The van der Waals surface area contributed by atoms with Crippen LogP contribution in [-0.4, -0.2) is 56.1 Å². The Kier molecular flexibility index (Phi) is 5.57. The maximum atomic E-state index is 12.9. The third-order valence-corrected chi connectivity index (χ3v) is 7.46. The number of piperidine rings is 1. The molecule has 0 amide bonds. The first kappa shape index (κ1) is 17.8. The Labute approximate surface area is 144 Å². The van der Waals surface area contributed by atoms with Crippen LogP contribution in [0.15, 0.2) is 24.3 Å². The summed E-state index contributed by atoms with van der Waals surface area (Å²) in [5.74, 6) is 0.210. The topological polar surface area (TPSA) is 40.6 Å². The summed E-state index contributed by atoms with van der Waals surface area (Å²) < 4.78 is 39.1. The molecule has 24 heavy (non-hydrogen) atoms. The number of likely N-dealkylation sites (tertiary alicyclic amines) is 1. The minimum Gasteiger partial charge on any atom is -0.303 e. The third-order valence-electron chi connectivity index (χ3n) is 5.13. The molecule has 1 aromatic rings. The lowest BCUT2D eigenvalue weighted by Gasteiger charge is -2.34. The summed E-state index contributed by atoms with van der Waals surface area (Å²) in [6, 6.07) is 6.69. The van der Waals surface area contributed by atoms with Crippen molar-refractivity contribution in [2.75, 3.05) is 33.2 Å². The maximum Gasteiger partial charge on any atom is 0.216 e. The number of nitrogens with zero attached hydrogens (tertiary/aromatic N) is 2. The van der Waals surface area contributed by atoms with Crippen LogP contribution in [0.3, 0.4) is 0 Å². The molecule has 1 saturated heterocycles. The predicted molar refractivity (Wildman–Crippen MR) is 93.8 cm³/mol. The lowest BCUT2D eigenvalue weighted by molar-refractivity contribution is 0.163. The highest BCUT2D eigenvalue weighted by molar-refractivity contribution is 7.90. The minimum absolute atomic E-state index is 0.124. The van der Waals surface area contributed by atoms with Crippen LogP contribution >= 0.6 is 0 Å². The Hall–Kier alpha value is -0.980. The molecular formula is C18H27FN2O2S. The SMILES string of the molecule is CN(C[C@@H]1CCCN(CCc2ccc(F)cc2)C1)S(=O)(=O)C1CC1. The van der Waals surface area contributed by atoms with Crippen molar-refractivity contribution in [3.05, 3.63) is 35.6 Å². The van der Waals surface area contributed by atoms with Crippen molar-refractivity contribution in [1.29, 1.82) is 0 Å². The Bertz CT molecular complexity index is 643. The second-order valence-corrected chi connectivity index (χ2v) is 9.53. The van der Waals surface area contributed by atoms with Crippen molar-refractivity contribution >= 4 is 10.0 Å². The molecule has 0 radical (unpaired) electrons. The van der Waals surface area contributed by atoms with Crippen molar-refractivity contribution in [2.24, 2.45) is 5.92 Å². The maximum absolute atomic E-state index is 12.9. The van der Waals surface area contributed by atoms with Gasteiger partial charge in [-0.3, -0.25) is 0 Å². The summed E-state index contributed by atoms with van der Waals surface area (Å²) in [7, 11) is -1.34. The first-order valence-electron chi connectivity index (χ1n) is 8.87. The van der Waals surface area contributed by atoms with E-state index in [1.54, 1.807) is 11.4 Å². The van der Waals surface area contributed by atoms with Gasteiger partial charge in [0.05, 0.1) is 5.25 Å². The zero-order valence-corrected chi connectivity index (χ0v) is 15.1. The Morgan fingerprint density at radius 1 is 1.21 bits per heavy atom. The fourth-order valence-corrected chi connectivity index (χ4v) is 5.19. The second-order valence-electron chi connectivity index (χ2n) is 7.21. The number of rotatable bonds is 7. The van der Waals surface area contributed by atoms with E-state index in [0.29, 0.717) is 12.5 Å². The summed E-state index contributed by atoms with van der Waals surface area (Å²) >= 11 is 0. The molecule has 1 saturated carbocycles. The normalized spacial score (nSPS) is 22.9. The third kappa shape index (κ3) is 4.55. The van der Waals surface area contributed by atoms with Gasteiger partial charge in [0.25, 0.3) is 0 Å². The van der Waals surface area contributed by atoms with E-state index in [1.165, 1.54) is 12.1 Å². The molecule has 1 heterocycles. The van der Waals surface area contributed by atoms with E-state index < -0.39 is 10.0 Å². The van der Waals surface area contributed by atoms with Crippen LogP contribution in [0, 0.1) is 11.7 Å². The van der Waals surface area contributed by atoms with Crippen LogP contribution < -0.4 is 0 Å². The molecule has 1 atom stereocenters. The van der Waals surface area contributed by atoms with Crippen LogP contribution in [0.25, 0.3) is 0 Å². The van der Waals surface area contributed by atoms with Crippen LogP contribution in [0.1, 0.15) is 31.2 Å². The predicted octanol–water partition coefficient (Wildman–Crippen LogP) is 2.50. The van der Waals surface area contributed by atoms with Gasteiger partial charge < -0.3 is 4.90 Å². The van der Waals surface area contributed by atoms with E-state index in [2.05, 4.69) is 4.90 Å². The van der Waals surface area contributed by atoms with E-state index in [-0.39, 0.29) is 11.1 Å². The van der Waals surface area contributed by atoms with Gasteiger partial charge in [-0.2, -0.15) is 0 Å². The van der Waals surface area contributed by atoms with Gasteiger partial charge in [0.2, 0.25) is 10.0 Å². The van der Waals surface area contributed by atoms with Gasteiger partial charge in [-0.1, -0.05) is 12.1 Å². The van der Waals surface area contributed by atoms with Crippen molar-refractivity contribution in [3.8, 4) is 0 Å². The molecule has 1 aliphatic heterocycles. The summed E-state index contributed by atoms with van der Waals surface area (Å²) in [6.07, 6.45) is 4.76.